The van der Waals surface area contributed by atoms with Crippen LogP contribution in [0.15, 0.2) is 158 Å². The molecule has 0 spiro atoms. The lowest BCUT2D eigenvalue weighted by atomic mass is 9.92. The van der Waals surface area contributed by atoms with E-state index in [1.807, 2.05) is 48.5 Å². The van der Waals surface area contributed by atoms with Gasteiger partial charge in [-0.15, -0.1) is 0 Å². The first-order valence-electron chi connectivity index (χ1n) is 15.9. The van der Waals surface area contributed by atoms with Gasteiger partial charge in [0.1, 0.15) is 0 Å². The number of para-hydroxylation sites is 4. The van der Waals surface area contributed by atoms with Crippen molar-refractivity contribution in [1.29, 1.82) is 5.26 Å². The molecule has 0 amide bonds. The van der Waals surface area contributed by atoms with E-state index in [2.05, 4.69) is 129 Å². The standard InChI is InChI=1S/C44H26N4/c1-46-39-24-23-30(47-40-18-8-7-17-36(40)38-26-29(28-45)22-25-44(38)47)27-37(39)32-13-3-2-12-31(32)33-14-4-9-19-41(33)48-42-20-10-5-15-34(42)35-16-6-11-21-43(35)48/h2-27H. The van der Waals surface area contributed by atoms with E-state index in [9.17, 15) is 5.26 Å². The van der Waals surface area contributed by atoms with Crippen molar-refractivity contribution in [2.45, 2.75) is 0 Å². The maximum absolute atomic E-state index is 9.63. The Morgan fingerprint density at radius 2 is 0.979 bits per heavy atom. The average molecular weight is 611 g/mol. The van der Waals surface area contributed by atoms with Crippen LogP contribution in [0.25, 0.3) is 82.1 Å². The van der Waals surface area contributed by atoms with Gasteiger partial charge in [-0.2, -0.15) is 5.26 Å². The molecule has 48 heavy (non-hydrogen) atoms. The minimum absolute atomic E-state index is 0.591. The van der Waals surface area contributed by atoms with Crippen molar-refractivity contribution in [3.8, 4) is 39.7 Å². The van der Waals surface area contributed by atoms with Crippen LogP contribution in [0.3, 0.4) is 0 Å². The van der Waals surface area contributed by atoms with E-state index in [0.29, 0.717) is 11.3 Å². The summed E-state index contributed by atoms with van der Waals surface area (Å²) in [6.45, 7) is 8.18. The van der Waals surface area contributed by atoms with Crippen molar-refractivity contribution in [3.63, 3.8) is 0 Å². The molecule has 0 aliphatic carbocycles. The predicted molar refractivity (Wildman–Crippen MR) is 197 cm³/mol. The normalized spacial score (nSPS) is 11.3. The highest BCUT2D eigenvalue weighted by atomic mass is 15.0. The second-order valence-corrected chi connectivity index (χ2v) is 11.9. The van der Waals surface area contributed by atoms with Crippen LogP contribution in [0.2, 0.25) is 0 Å². The second-order valence-electron chi connectivity index (χ2n) is 11.9. The van der Waals surface area contributed by atoms with Crippen LogP contribution in [0, 0.1) is 17.9 Å². The number of benzene rings is 7. The zero-order chi connectivity index (χ0) is 32.2. The van der Waals surface area contributed by atoms with E-state index in [1.54, 1.807) is 0 Å². The summed E-state index contributed by atoms with van der Waals surface area (Å²) in [6.07, 6.45) is 0. The van der Waals surface area contributed by atoms with Crippen LogP contribution < -0.4 is 0 Å². The van der Waals surface area contributed by atoms with E-state index in [4.69, 9.17) is 6.57 Å². The molecule has 2 heterocycles. The topological polar surface area (TPSA) is 38.0 Å². The van der Waals surface area contributed by atoms with E-state index >= 15 is 0 Å². The molecular formula is C44H26N4. The fourth-order valence-corrected chi connectivity index (χ4v) is 7.33. The molecule has 7 aromatic carbocycles. The van der Waals surface area contributed by atoms with Gasteiger partial charge >= 0.3 is 0 Å². The van der Waals surface area contributed by atoms with Crippen molar-refractivity contribution in [1.82, 2.24) is 9.13 Å². The Balaban J connectivity index is 1.29. The van der Waals surface area contributed by atoms with Gasteiger partial charge in [0.2, 0.25) is 0 Å². The number of nitrogens with zero attached hydrogens (tertiary/aromatic N) is 4. The maximum Gasteiger partial charge on any atom is 0.195 e. The van der Waals surface area contributed by atoms with Gasteiger partial charge in [0, 0.05) is 32.8 Å². The summed E-state index contributed by atoms with van der Waals surface area (Å²) in [7, 11) is 0. The third kappa shape index (κ3) is 4.07. The van der Waals surface area contributed by atoms with Crippen molar-refractivity contribution in [2.75, 3.05) is 0 Å². The van der Waals surface area contributed by atoms with Gasteiger partial charge in [-0.1, -0.05) is 103 Å². The molecule has 0 radical (unpaired) electrons. The van der Waals surface area contributed by atoms with Gasteiger partial charge in [-0.3, -0.25) is 0 Å². The lowest BCUT2D eigenvalue weighted by Gasteiger charge is -2.18. The minimum atomic E-state index is 0.591. The molecule has 0 atom stereocenters. The van der Waals surface area contributed by atoms with Crippen LogP contribution in [-0.4, -0.2) is 9.13 Å². The molecule has 4 heteroatoms. The third-order valence-electron chi connectivity index (χ3n) is 9.39. The van der Waals surface area contributed by atoms with Crippen LogP contribution in [0.5, 0.6) is 0 Å². The Kier molecular flexibility index (Phi) is 6.22. The Hall–Kier alpha value is -6.88. The molecule has 222 valence electrons. The minimum Gasteiger partial charge on any atom is -0.309 e. The molecule has 0 aliphatic heterocycles. The van der Waals surface area contributed by atoms with Crippen LogP contribution in [0.1, 0.15) is 5.56 Å². The maximum atomic E-state index is 9.63. The number of rotatable bonds is 4. The Morgan fingerprint density at radius 3 is 1.62 bits per heavy atom. The smallest absolute Gasteiger partial charge is 0.195 e. The van der Waals surface area contributed by atoms with Gasteiger partial charge < -0.3 is 9.13 Å². The molecule has 0 N–H and O–H groups in total. The third-order valence-corrected chi connectivity index (χ3v) is 9.39. The molecule has 0 saturated carbocycles. The molecule has 0 fully saturated rings. The van der Waals surface area contributed by atoms with Crippen LogP contribution in [-0.2, 0) is 0 Å². The van der Waals surface area contributed by atoms with E-state index in [-0.39, 0.29) is 0 Å². The van der Waals surface area contributed by atoms with E-state index in [1.165, 1.54) is 10.8 Å². The van der Waals surface area contributed by atoms with E-state index < -0.39 is 0 Å². The molecular weight excluding hydrogens is 585 g/mol. The Morgan fingerprint density at radius 1 is 0.458 bits per heavy atom. The molecule has 0 saturated heterocycles. The van der Waals surface area contributed by atoms with Gasteiger partial charge in [-0.05, 0) is 71.3 Å². The van der Waals surface area contributed by atoms with Crippen molar-refractivity contribution in [3.05, 3.63) is 175 Å². The Bertz CT molecular complexity index is 2760. The molecule has 0 bridgehead atoms. The molecule has 0 aliphatic rings. The first-order valence-corrected chi connectivity index (χ1v) is 15.9. The summed E-state index contributed by atoms with van der Waals surface area (Å²) < 4.78 is 4.59. The molecule has 9 aromatic rings. The largest absolute Gasteiger partial charge is 0.309 e. The summed E-state index contributed by atoms with van der Waals surface area (Å²) in [4.78, 5) is 4.01. The lowest BCUT2D eigenvalue weighted by Crippen LogP contribution is -1.98. The summed E-state index contributed by atoms with van der Waals surface area (Å²) >= 11 is 0. The highest BCUT2D eigenvalue weighted by Crippen LogP contribution is 2.43. The van der Waals surface area contributed by atoms with Crippen molar-refractivity contribution in [2.24, 2.45) is 0 Å². The number of aromatic nitrogens is 2. The summed E-state index contributed by atoms with van der Waals surface area (Å²) in [5.74, 6) is 0. The van der Waals surface area contributed by atoms with Gasteiger partial charge in [0.15, 0.2) is 5.69 Å². The predicted octanol–water partition coefficient (Wildman–Crippen LogP) is 11.6. The SMILES string of the molecule is [C-]#[N+]c1ccc(-n2c3ccccc3c3cc(C#N)ccc32)cc1-c1ccccc1-c1ccccc1-n1c2ccccc2c2ccccc21. The van der Waals surface area contributed by atoms with E-state index in [0.717, 1.165) is 66.5 Å². The summed E-state index contributed by atoms with van der Waals surface area (Å²) in [5.41, 5.74) is 11.6. The summed E-state index contributed by atoms with van der Waals surface area (Å²) in [6, 6.07) is 56.6. The number of hydrogen-bond acceptors (Lipinski definition) is 1. The number of nitriles is 1. The van der Waals surface area contributed by atoms with Gasteiger partial charge in [0.05, 0.1) is 46.0 Å². The molecule has 9 rings (SSSR count). The fraction of sp³-hybridized carbons (Fsp3) is 0. The quantitative estimate of drug-likeness (QED) is 0.183. The first-order chi connectivity index (χ1) is 23.7. The number of hydrogen-bond donors (Lipinski definition) is 0. The highest BCUT2D eigenvalue weighted by Gasteiger charge is 2.20. The molecule has 2 aromatic heterocycles. The monoisotopic (exact) mass is 610 g/mol. The molecule has 0 unspecified atom stereocenters. The average Bonchev–Trinajstić information content (AvgIpc) is 3.67. The fourth-order valence-electron chi connectivity index (χ4n) is 7.33. The van der Waals surface area contributed by atoms with Crippen LogP contribution >= 0.6 is 0 Å². The lowest BCUT2D eigenvalue weighted by molar-refractivity contribution is 1.18. The zero-order valence-corrected chi connectivity index (χ0v) is 25.8. The molecule has 4 nitrogen and oxygen atoms in total. The van der Waals surface area contributed by atoms with Gasteiger partial charge in [-0.25, -0.2) is 4.85 Å². The Labute approximate surface area is 277 Å². The first kappa shape index (κ1) is 27.4. The second kappa shape index (κ2) is 10.9. The summed E-state index contributed by atoms with van der Waals surface area (Å²) in [5, 5.41) is 14.2. The highest BCUT2D eigenvalue weighted by molar-refractivity contribution is 6.11. The number of fused-ring (bicyclic) bond motifs is 6. The van der Waals surface area contributed by atoms with Crippen molar-refractivity contribution < 1.29 is 0 Å². The van der Waals surface area contributed by atoms with Crippen LogP contribution in [0.4, 0.5) is 5.69 Å². The van der Waals surface area contributed by atoms with Crippen molar-refractivity contribution >= 4 is 49.3 Å². The van der Waals surface area contributed by atoms with Gasteiger partial charge in [0.25, 0.3) is 0 Å². The zero-order valence-electron chi connectivity index (χ0n) is 25.8.